The van der Waals surface area contributed by atoms with Gasteiger partial charge in [-0.25, -0.2) is 23.9 Å². The van der Waals surface area contributed by atoms with E-state index in [9.17, 15) is 14.5 Å². The van der Waals surface area contributed by atoms with Gasteiger partial charge in [-0.1, -0.05) is 18.2 Å². The van der Waals surface area contributed by atoms with Gasteiger partial charge in [0.25, 0.3) is 0 Å². The van der Waals surface area contributed by atoms with Crippen LogP contribution in [0, 0.1) is 0 Å². The second-order valence-electron chi connectivity index (χ2n) is 10.0. The van der Waals surface area contributed by atoms with E-state index < -0.39 is 50.5 Å². The van der Waals surface area contributed by atoms with E-state index in [4.69, 9.17) is 13.8 Å². The number of imidazole rings is 1. The number of nitrogens with zero attached hydrogens (tertiary/aromatic N) is 4. The van der Waals surface area contributed by atoms with Gasteiger partial charge in [0.2, 0.25) is 0 Å². The molecule has 1 unspecified atom stereocenters. The largest absolute Gasteiger partial charge is 0.468 e. The molecule has 3 heterocycles. The number of fused-ring (bicyclic) bond motifs is 1. The molecule has 0 radical (unpaired) electrons. The van der Waals surface area contributed by atoms with Crippen molar-refractivity contribution in [1.29, 1.82) is 0 Å². The van der Waals surface area contributed by atoms with Crippen LogP contribution in [0.5, 0.6) is 5.75 Å². The summed E-state index contributed by atoms with van der Waals surface area (Å²) in [6, 6.07) is 7.41. The van der Waals surface area contributed by atoms with E-state index in [-0.39, 0.29) is 5.75 Å². The van der Waals surface area contributed by atoms with Crippen molar-refractivity contribution in [2.45, 2.75) is 69.3 Å². The number of esters is 1. The highest BCUT2D eigenvalue weighted by molar-refractivity contribution is 7.52. The van der Waals surface area contributed by atoms with Crippen molar-refractivity contribution in [3.63, 3.8) is 0 Å². The number of halogens is 1. The Morgan fingerprint density at radius 2 is 2.05 bits per heavy atom. The number of hydrogen-bond acceptors (Lipinski definition) is 11. The molecule has 0 bridgehead atoms. The first-order chi connectivity index (χ1) is 19.1. The normalized spacial score (nSPS) is 27.1. The molecule has 1 aliphatic heterocycles. The maximum Gasteiger partial charge on any atom is 0.459 e. The summed E-state index contributed by atoms with van der Waals surface area (Å²) in [6.45, 7) is 2.09. The molecule has 2 aromatic heterocycles. The number of aliphatic hydroxyl groups excluding tert-OH is 1. The Bertz CT molecular complexity index is 1390. The summed E-state index contributed by atoms with van der Waals surface area (Å²) in [5.74, 6) is 0.0406. The molecule has 6 atom stereocenters. The number of carbonyl (C=O) groups is 1. The molecular formula is C25H32FN6O7P. The Kier molecular flexibility index (Phi) is 8.07. The lowest BCUT2D eigenvalue weighted by Gasteiger charge is -2.27. The molecule has 15 heteroatoms. The zero-order valence-corrected chi connectivity index (χ0v) is 23.2. The molecule has 216 valence electrons. The molecule has 0 amide bonds. The first-order valence-corrected chi connectivity index (χ1v) is 14.5. The van der Waals surface area contributed by atoms with Gasteiger partial charge in [0, 0.05) is 6.04 Å². The fourth-order valence-electron chi connectivity index (χ4n) is 4.57. The Balaban J connectivity index is 1.35. The van der Waals surface area contributed by atoms with Gasteiger partial charge in [-0.05, 0) is 45.2 Å². The molecule has 1 aliphatic carbocycles. The van der Waals surface area contributed by atoms with E-state index in [1.54, 1.807) is 30.3 Å². The van der Waals surface area contributed by atoms with E-state index in [0.717, 1.165) is 19.3 Å². The highest BCUT2D eigenvalue weighted by atomic mass is 31.2. The molecule has 40 heavy (non-hydrogen) atoms. The highest BCUT2D eigenvalue weighted by Gasteiger charge is 2.56. The van der Waals surface area contributed by atoms with Crippen LogP contribution in [-0.2, 0) is 23.4 Å². The fourth-order valence-corrected chi connectivity index (χ4v) is 6.08. The average molecular weight is 579 g/mol. The first kappa shape index (κ1) is 28.4. The molecule has 5 rings (SSSR count). The van der Waals surface area contributed by atoms with Crippen molar-refractivity contribution >= 4 is 30.7 Å². The Morgan fingerprint density at radius 3 is 2.73 bits per heavy atom. The summed E-state index contributed by atoms with van der Waals surface area (Å²) in [6.07, 6.45) is 1.67. The minimum atomic E-state index is -4.23. The SMILES string of the molecule is COC(=O)[C@H](C)NP(=O)(OC[C@H]1O[C@@H](n2cnc3c(NC4CCC4)ncnc32)[C@](C)(F)[C@@H]1O)Oc1ccccc1. The molecule has 3 N–H and O–H groups in total. The first-order valence-electron chi connectivity index (χ1n) is 12.9. The summed E-state index contributed by atoms with van der Waals surface area (Å²) in [5, 5.41) is 16.7. The van der Waals surface area contributed by atoms with Gasteiger partial charge in [-0.2, -0.15) is 5.09 Å². The quantitative estimate of drug-likeness (QED) is 0.226. The lowest BCUT2D eigenvalue weighted by Crippen LogP contribution is -2.41. The van der Waals surface area contributed by atoms with Crippen molar-refractivity contribution in [3.05, 3.63) is 43.0 Å². The molecule has 2 aliphatic rings. The fraction of sp³-hybridized carbons (Fsp3) is 0.520. The van der Waals surface area contributed by atoms with Gasteiger partial charge in [0.15, 0.2) is 28.9 Å². The number of alkyl halides is 1. The molecule has 13 nitrogen and oxygen atoms in total. The molecule has 1 saturated carbocycles. The van der Waals surface area contributed by atoms with Crippen molar-refractivity contribution < 1.29 is 37.4 Å². The van der Waals surface area contributed by atoms with E-state index in [2.05, 4.69) is 30.1 Å². The molecule has 1 saturated heterocycles. The van der Waals surface area contributed by atoms with Crippen LogP contribution in [-0.4, -0.2) is 74.3 Å². The van der Waals surface area contributed by atoms with Crippen LogP contribution in [0.2, 0.25) is 0 Å². The minimum Gasteiger partial charge on any atom is -0.468 e. The molecule has 3 aromatic rings. The number of rotatable bonds is 11. The number of anilines is 1. The summed E-state index contributed by atoms with van der Waals surface area (Å²) < 4.78 is 52.8. The van der Waals surface area contributed by atoms with Crippen LogP contribution in [0.1, 0.15) is 39.3 Å². The number of carbonyl (C=O) groups excluding carboxylic acids is 1. The van der Waals surface area contributed by atoms with Crippen LogP contribution in [0.25, 0.3) is 11.2 Å². The zero-order chi connectivity index (χ0) is 28.5. The Morgan fingerprint density at radius 1 is 1.30 bits per heavy atom. The third-order valence-electron chi connectivity index (χ3n) is 7.06. The number of methoxy groups -OCH3 is 1. The highest BCUT2D eigenvalue weighted by Crippen LogP contribution is 2.48. The second-order valence-corrected chi connectivity index (χ2v) is 11.7. The van der Waals surface area contributed by atoms with Crippen molar-refractivity contribution in [2.24, 2.45) is 0 Å². The van der Waals surface area contributed by atoms with Crippen LogP contribution >= 0.6 is 7.75 Å². The van der Waals surface area contributed by atoms with Gasteiger partial charge in [-0.3, -0.25) is 13.9 Å². The van der Waals surface area contributed by atoms with Crippen molar-refractivity contribution in [2.75, 3.05) is 19.0 Å². The molecule has 1 aromatic carbocycles. The molecular weight excluding hydrogens is 546 g/mol. The van der Waals surface area contributed by atoms with Gasteiger partial charge >= 0.3 is 13.7 Å². The van der Waals surface area contributed by atoms with Crippen LogP contribution in [0.15, 0.2) is 43.0 Å². The summed E-state index contributed by atoms with van der Waals surface area (Å²) in [4.78, 5) is 24.9. The lowest BCUT2D eigenvalue weighted by atomic mass is 9.93. The van der Waals surface area contributed by atoms with Gasteiger partial charge in [0.05, 0.1) is 20.0 Å². The predicted molar refractivity (Wildman–Crippen MR) is 141 cm³/mol. The summed E-state index contributed by atoms with van der Waals surface area (Å²) in [7, 11) is -3.05. The van der Waals surface area contributed by atoms with Gasteiger partial charge in [-0.15, -0.1) is 0 Å². The van der Waals surface area contributed by atoms with E-state index in [1.807, 2.05) is 0 Å². The average Bonchev–Trinajstić information content (AvgIpc) is 3.43. The monoisotopic (exact) mass is 578 g/mol. The lowest BCUT2D eigenvalue weighted by molar-refractivity contribution is -0.142. The van der Waals surface area contributed by atoms with Gasteiger partial charge < -0.3 is 24.4 Å². The zero-order valence-electron chi connectivity index (χ0n) is 22.3. The van der Waals surface area contributed by atoms with Crippen molar-refractivity contribution in [3.8, 4) is 5.75 Å². The number of para-hydroxylation sites is 1. The van der Waals surface area contributed by atoms with Gasteiger partial charge in [0.1, 0.15) is 30.3 Å². The number of ether oxygens (including phenoxy) is 2. The van der Waals surface area contributed by atoms with E-state index >= 15 is 4.39 Å². The summed E-state index contributed by atoms with van der Waals surface area (Å²) >= 11 is 0. The van der Waals surface area contributed by atoms with E-state index in [1.165, 1.54) is 38.2 Å². The Hall–Kier alpha value is -3.16. The standard InChI is InChI=1S/C25H32FN6O7P/c1-15(23(34)36-3)31-40(35,39-17-10-5-4-6-11-17)37-12-18-20(33)25(2,26)24(38-18)32-14-29-19-21(27-13-28-22(19)32)30-16-8-7-9-16/h4-6,10-11,13-16,18,20,24,33H,7-9,12H2,1-3H3,(H,31,35)(H,27,28,30)/t15-,18+,20+,24+,25+,40?/m0/s1. The van der Waals surface area contributed by atoms with Crippen LogP contribution in [0.3, 0.4) is 0 Å². The Labute approximate surface area is 230 Å². The smallest absolute Gasteiger partial charge is 0.459 e. The topological polar surface area (TPSA) is 159 Å². The number of hydrogen-bond donors (Lipinski definition) is 3. The van der Waals surface area contributed by atoms with Crippen molar-refractivity contribution in [1.82, 2.24) is 24.6 Å². The number of aliphatic hydroxyl groups is 1. The number of nitrogens with one attached hydrogen (secondary N) is 2. The number of benzene rings is 1. The molecule has 0 spiro atoms. The second kappa shape index (κ2) is 11.4. The predicted octanol–water partition coefficient (Wildman–Crippen LogP) is 3.13. The maximum absolute atomic E-state index is 16.0. The van der Waals surface area contributed by atoms with Crippen LogP contribution in [0.4, 0.5) is 10.2 Å². The molecule has 2 fully saturated rings. The van der Waals surface area contributed by atoms with E-state index in [0.29, 0.717) is 23.0 Å². The van der Waals surface area contributed by atoms with Crippen LogP contribution < -0.4 is 14.9 Å². The third-order valence-corrected chi connectivity index (χ3v) is 8.70. The maximum atomic E-state index is 16.0. The number of aromatic nitrogens is 4. The third kappa shape index (κ3) is 5.68. The summed E-state index contributed by atoms with van der Waals surface area (Å²) in [5.41, 5.74) is -1.53. The minimum absolute atomic E-state index is 0.201.